The third-order valence-corrected chi connectivity index (χ3v) is 4.61. The number of ether oxygens (including phenoxy) is 2. The molecule has 1 aliphatic carbocycles. The van der Waals surface area contributed by atoms with E-state index in [1.54, 1.807) is 0 Å². The number of carbonyl (C=O) groups is 2. The van der Waals surface area contributed by atoms with Crippen molar-refractivity contribution >= 4 is 29.2 Å². The van der Waals surface area contributed by atoms with Gasteiger partial charge in [0.1, 0.15) is 11.6 Å². The van der Waals surface area contributed by atoms with E-state index in [1.165, 1.54) is 30.2 Å². The number of anilines is 1. The fraction of sp³-hybridized carbons (Fsp3) is 0.300. The molecule has 1 N–H and O–H groups in total. The number of aryl methyl sites for hydroxylation is 2. The Morgan fingerprint density at radius 2 is 1.96 bits per heavy atom. The first-order valence-corrected chi connectivity index (χ1v) is 9.00. The Bertz CT molecular complexity index is 871. The molecule has 27 heavy (non-hydrogen) atoms. The van der Waals surface area contributed by atoms with Crippen LogP contribution in [0.25, 0.3) is 0 Å². The van der Waals surface area contributed by atoms with Gasteiger partial charge in [-0.05, 0) is 67.6 Å². The number of rotatable bonds is 6. The Balaban J connectivity index is 1.48. The molecule has 142 valence electrons. The molecule has 3 rings (SSSR count). The minimum Gasteiger partial charge on any atom is -0.482 e. The zero-order chi connectivity index (χ0) is 19.4. The number of amides is 1. The monoisotopic (exact) mass is 391 g/mol. The summed E-state index contributed by atoms with van der Waals surface area (Å²) in [6.45, 7) is 1.13. The van der Waals surface area contributed by atoms with Crippen LogP contribution in [0.3, 0.4) is 0 Å². The van der Waals surface area contributed by atoms with Crippen molar-refractivity contribution in [3.8, 4) is 5.75 Å². The molecule has 7 heteroatoms. The van der Waals surface area contributed by atoms with Gasteiger partial charge >= 0.3 is 5.97 Å². The molecular weight excluding hydrogens is 373 g/mol. The summed E-state index contributed by atoms with van der Waals surface area (Å²) in [6.07, 6.45) is 2.16. The van der Waals surface area contributed by atoms with Crippen LogP contribution < -0.4 is 10.1 Å². The van der Waals surface area contributed by atoms with Gasteiger partial charge in [-0.3, -0.25) is 4.79 Å². The highest BCUT2D eigenvalue weighted by Crippen LogP contribution is 2.26. The van der Waals surface area contributed by atoms with E-state index < -0.39 is 23.8 Å². The first kappa shape index (κ1) is 19.2. The van der Waals surface area contributed by atoms with E-state index in [-0.39, 0.29) is 17.3 Å². The Hall–Kier alpha value is -2.60. The van der Waals surface area contributed by atoms with Crippen LogP contribution in [0.4, 0.5) is 10.1 Å². The standard InChI is InChI=1S/C20H19ClFNO4/c1-12(20(25)23-18-8-6-15(22)10-17(18)21)27-19(24)11-26-16-7-5-13-3-2-4-14(13)9-16/h5-10,12H,2-4,11H2,1H3,(H,23,25)/t12-/m1/s1. The first-order valence-electron chi connectivity index (χ1n) is 8.62. The summed E-state index contributed by atoms with van der Waals surface area (Å²) >= 11 is 5.86. The second kappa shape index (κ2) is 8.39. The molecule has 0 saturated heterocycles. The zero-order valence-electron chi connectivity index (χ0n) is 14.8. The van der Waals surface area contributed by atoms with Crippen molar-refractivity contribution in [3.63, 3.8) is 0 Å². The summed E-state index contributed by atoms with van der Waals surface area (Å²) in [5, 5.41) is 2.55. The van der Waals surface area contributed by atoms with Crippen LogP contribution in [-0.2, 0) is 27.2 Å². The average Bonchev–Trinajstić information content (AvgIpc) is 3.10. The van der Waals surface area contributed by atoms with E-state index in [2.05, 4.69) is 5.32 Å². The summed E-state index contributed by atoms with van der Waals surface area (Å²) < 4.78 is 23.6. The lowest BCUT2D eigenvalue weighted by molar-refractivity contribution is -0.155. The number of benzene rings is 2. The Morgan fingerprint density at radius 1 is 1.19 bits per heavy atom. The van der Waals surface area contributed by atoms with Gasteiger partial charge in [-0.25, -0.2) is 9.18 Å². The van der Waals surface area contributed by atoms with Crippen LogP contribution in [0.1, 0.15) is 24.5 Å². The van der Waals surface area contributed by atoms with Crippen LogP contribution >= 0.6 is 11.6 Å². The van der Waals surface area contributed by atoms with Crippen LogP contribution in [0.5, 0.6) is 5.75 Å². The molecule has 2 aromatic carbocycles. The highest BCUT2D eigenvalue weighted by atomic mass is 35.5. The lowest BCUT2D eigenvalue weighted by atomic mass is 10.1. The second-order valence-corrected chi connectivity index (χ2v) is 6.73. The SMILES string of the molecule is C[C@@H](OC(=O)COc1ccc2c(c1)CCC2)C(=O)Nc1ccc(F)cc1Cl. The Labute approximate surface area is 161 Å². The normalized spacial score (nSPS) is 13.6. The van der Waals surface area contributed by atoms with Gasteiger partial charge in [-0.2, -0.15) is 0 Å². The number of nitrogens with one attached hydrogen (secondary N) is 1. The Morgan fingerprint density at radius 3 is 2.74 bits per heavy atom. The van der Waals surface area contributed by atoms with Crippen molar-refractivity contribution in [1.29, 1.82) is 0 Å². The Kier molecular flexibility index (Phi) is 5.96. The zero-order valence-corrected chi connectivity index (χ0v) is 15.5. The molecule has 0 aromatic heterocycles. The van der Waals surface area contributed by atoms with Crippen LogP contribution in [-0.4, -0.2) is 24.6 Å². The third-order valence-electron chi connectivity index (χ3n) is 4.29. The van der Waals surface area contributed by atoms with Gasteiger partial charge in [-0.1, -0.05) is 17.7 Å². The number of esters is 1. The molecule has 0 saturated carbocycles. The summed E-state index contributed by atoms with van der Waals surface area (Å²) in [5.41, 5.74) is 2.79. The van der Waals surface area contributed by atoms with Crippen molar-refractivity contribution in [2.24, 2.45) is 0 Å². The van der Waals surface area contributed by atoms with Gasteiger partial charge in [0.2, 0.25) is 0 Å². The van der Waals surface area contributed by atoms with E-state index in [0.717, 1.165) is 25.3 Å². The van der Waals surface area contributed by atoms with Gasteiger partial charge in [0.05, 0.1) is 10.7 Å². The molecule has 5 nitrogen and oxygen atoms in total. The minimum atomic E-state index is -1.05. The molecule has 0 bridgehead atoms. The molecule has 0 spiro atoms. The van der Waals surface area contributed by atoms with Gasteiger partial charge in [0.25, 0.3) is 5.91 Å². The van der Waals surface area contributed by atoms with Crippen molar-refractivity contribution in [2.75, 3.05) is 11.9 Å². The highest BCUT2D eigenvalue weighted by molar-refractivity contribution is 6.33. The predicted octanol–water partition coefficient (Wildman–Crippen LogP) is 3.92. The predicted molar refractivity (Wildman–Crippen MR) is 99.6 cm³/mol. The molecule has 0 unspecified atom stereocenters. The van der Waals surface area contributed by atoms with Crippen LogP contribution in [0.2, 0.25) is 5.02 Å². The maximum Gasteiger partial charge on any atom is 0.344 e. The molecule has 0 fully saturated rings. The fourth-order valence-electron chi connectivity index (χ4n) is 2.89. The topological polar surface area (TPSA) is 64.6 Å². The first-order chi connectivity index (χ1) is 12.9. The summed E-state index contributed by atoms with van der Waals surface area (Å²) in [4.78, 5) is 24.0. The lowest BCUT2D eigenvalue weighted by Gasteiger charge is -2.15. The van der Waals surface area contributed by atoms with E-state index in [0.29, 0.717) is 5.75 Å². The van der Waals surface area contributed by atoms with E-state index in [9.17, 15) is 14.0 Å². The van der Waals surface area contributed by atoms with E-state index >= 15 is 0 Å². The van der Waals surface area contributed by atoms with E-state index in [1.807, 2.05) is 18.2 Å². The molecule has 2 aromatic rings. The van der Waals surface area contributed by atoms with Crippen molar-refractivity contribution in [2.45, 2.75) is 32.3 Å². The van der Waals surface area contributed by atoms with Crippen molar-refractivity contribution < 1.29 is 23.5 Å². The molecule has 1 atom stereocenters. The van der Waals surface area contributed by atoms with Gasteiger partial charge in [0.15, 0.2) is 12.7 Å². The largest absolute Gasteiger partial charge is 0.482 e. The average molecular weight is 392 g/mol. The fourth-order valence-corrected chi connectivity index (χ4v) is 3.10. The third kappa shape index (κ3) is 4.98. The minimum absolute atomic E-state index is 0.0572. The van der Waals surface area contributed by atoms with E-state index in [4.69, 9.17) is 21.1 Å². The molecular formula is C20H19ClFNO4. The molecule has 0 aliphatic heterocycles. The number of carbonyl (C=O) groups excluding carboxylic acids is 2. The molecule has 0 heterocycles. The summed E-state index contributed by atoms with van der Waals surface area (Å²) in [7, 11) is 0. The smallest absolute Gasteiger partial charge is 0.344 e. The summed E-state index contributed by atoms with van der Waals surface area (Å²) in [5.74, 6) is -1.15. The number of hydrogen-bond donors (Lipinski definition) is 1. The lowest BCUT2D eigenvalue weighted by Crippen LogP contribution is -2.31. The highest BCUT2D eigenvalue weighted by Gasteiger charge is 2.19. The van der Waals surface area contributed by atoms with Crippen molar-refractivity contribution in [1.82, 2.24) is 0 Å². The maximum absolute atomic E-state index is 13.0. The van der Waals surface area contributed by atoms with Crippen LogP contribution in [0.15, 0.2) is 36.4 Å². The quantitative estimate of drug-likeness (QED) is 0.758. The molecule has 0 radical (unpaired) electrons. The number of fused-ring (bicyclic) bond motifs is 1. The second-order valence-electron chi connectivity index (χ2n) is 6.32. The van der Waals surface area contributed by atoms with Gasteiger partial charge < -0.3 is 14.8 Å². The molecule has 1 aliphatic rings. The summed E-state index contributed by atoms with van der Waals surface area (Å²) in [6, 6.07) is 9.35. The van der Waals surface area contributed by atoms with Gasteiger partial charge in [-0.15, -0.1) is 0 Å². The van der Waals surface area contributed by atoms with Crippen molar-refractivity contribution in [3.05, 3.63) is 58.4 Å². The molecule has 1 amide bonds. The number of hydrogen-bond acceptors (Lipinski definition) is 4. The van der Waals surface area contributed by atoms with Crippen LogP contribution in [0, 0.1) is 5.82 Å². The maximum atomic E-state index is 13.0. The number of halogens is 2. The van der Waals surface area contributed by atoms with Gasteiger partial charge in [0, 0.05) is 0 Å².